The number of imide groups is 1. The van der Waals surface area contributed by atoms with Crippen molar-refractivity contribution in [2.75, 3.05) is 6.54 Å². The molecule has 2 rings (SSSR count). The zero-order chi connectivity index (χ0) is 14.8. The van der Waals surface area contributed by atoms with Crippen molar-refractivity contribution in [3.8, 4) is 0 Å². The fraction of sp³-hybridized carbons (Fsp3) is 0.875. The molecule has 4 nitrogen and oxygen atoms in total. The lowest BCUT2D eigenvalue weighted by Gasteiger charge is -2.30. The smallest absolute Gasteiger partial charge is 0.247 e. The van der Waals surface area contributed by atoms with Gasteiger partial charge in [0.05, 0.1) is 12.5 Å². The summed E-state index contributed by atoms with van der Waals surface area (Å²) in [6, 6.07) is -0.134. The Kier molecular flexibility index (Phi) is 4.84. The van der Waals surface area contributed by atoms with Crippen LogP contribution in [0, 0.1) is 5.41 Å². The number of hydrogen-bond donors (Lipinski definition) is 1. The van der Waals surface area contributed by atoms with Crippen molar-refractivity contribution in [2.24, 2.45) is 5.41 Å². The third kappa shape index (κ3) is 3.40. The molecule has 1 aliphatic heterocycles. The quantitative estimate of drug-likeness (QED) is 0.787. The lowest BCUT2D eigenvalue weighted by molar-refractivity contribution is -0.142. The number of rotatable bonds is 5. The molecule has 2 aliphatic rings. The Hall–Kier alpha value is -0.900. The van der Waals surface area contributed by atoms with Gasteiger partial charge in [-0.25, -0.2) is 0 Å². The zero-order valence-corrected chi connectivity index (χ0v) is 13.1. The van der Waals surface area contributed by atoms with E-state index in [1.165, 1.54) is 6.42 Å². The maximum Gasteiger partial charge on any atom is 0.247 e. The average molecular weight is 280 g/mol. The van der Waals surface area contributed by atoms with E-state index < -0.39 is 0 Å². The Morgan fingerprint density at radius 2 is 1.85 bits per heavy atom. The van der Waals surface area contributed by atoms with Crippen LogP contribution in [-0.2, 0) is 9.59 Å². The van der Waals surface area contributed by atoms with Crippen LogP contribution in [-0.4, -0.2) is 35.3 Å². The van der Waals surface area contributed by atoms with Crippen molar-refractivity contribution < 1.29 is 9.59 Å². The van der Waals surface area contributed by atoms with Crippen LogP contribution in [0.5, 0.6) is 0 Å². The molecule has 1 saturated carbocycles. The van der Waals surface area contributed by atoms with E-state index in [4.69, 9.17) is 0 Å². The molecule has 1 saturated heterocycles. The van der Waals surface area contributed by atoms with Crippen LogP contribution >= 0.6 is 0 Å². The molecule has 114 valence electrons. The summed E-state index contributed by atoms with van der Waals surface area (Å²) in [5, 5.41) is 3.31. The highest BCUT2D eigenvalue weighted by molar-refractivity contribution is 6.05. The number of nitrogens with zero attached hydrogens (tertiary/aromatic N) is 1. The van der Waals surface area contributed by atoms with E-state index in [9.17, 15) is 9.59 Å². The standard InChI is InChI=1S/C16H28N2O2/c1-4-16(2,3)11-17-13-10-14(19)18(15(13)20)12-8-6-5-7-9-12/h12-13,17H,4-11H2,1-3H3. The lowest BCUT2D eigenvalue weighted by Crippen LogP contribution is -2.46. The first-order chi connectivity index (χ1) is 9.44. The number of nitrogens with one attached hydrogen (secondary N) is 1. The minimum atomic E-state index is -0.296. The van der Waals surface area contributed by atoms with Gasteiger partial charge in [0.1, 0.15) is 0 Å². The van der Waals surface area contributed by atoms with Gasteiger partial charge in [0, 0.05) is 12.6 Å². The molecule has 1 heterocycles. The largest absolute Gasteiger partial charge is 0.305 e. The van der Waals surface area contributed by atoms with Gasteiger partial charge in [-0.3, -0.25) is 14.5 Å². The van der Waals surface area contributed by atoms with Crippen LogP contribution in [0.25, 0.3) is 0 Å². The second-order valence-electron chi connectivity index (χ2n) is 7.05. The van der Waals surface area contributed by atoms with Crippen molar-refractivity contribution in [1.29, 1.82) is 0 Å². The molecule has 1 aliphatic carbocycles. The molecule has 0 spiro atoms. The highest BCUT2D eigenvalue weighted by Gasteiger charge is 2.42. The summed E-state index contributed by atoms with van der Waals surface area (Å²) >= 11 is 0. The number of hydrogen-bond acceptors (Lipinski definition) is 3. The minimum Gasteiger partial charge on any atom is -0.305 e. The Morgan fingerprint density at radius 1 is 1.20 bits per heavy atom. The first kappa shape index (κ1) is 15.5. The molecule has 0 aromatic carbocycles. The van der Waals surface area contributed by atoms with E-state index in [0.717, 1.165) is 38.6 Å². The molecular weight excluding hydrogens is 252 g/mol. The molecule has 1 unspecified atom stereocenters. The molecule has 2 fully saturated rings. The topological polar surface area (TPSA) is 49.4 Å². The van der Waals surface area contributed by atoms with Gasteiger partial charge in [0.25, 0.3) is 0 Å². The van der Waals surface area contributed by atoms with Crippen molar-refractivity contribution in [1.82, 2.24) is 10.2 Å². The van der Waals surface area contributed by atoms with Gasteiger partial charge in [0.15, 0.2) is 0 Å². The molecule has 2 amide bonds. The zero-order valence-electron chi connectivity index (χ0n) is 13.1. The summed E-state index contributed by atoms with van der Waals surface area (Å²) in [4.78, 5) is 26.2. The van der Waals surface area contributed by atoms with Crippen LogP contribution < -0.4 is 5.32 Å². The highest BCUT2D eigenvalue weighted by atomic mass is 16.2. The molecule has 0 aromatic rings. The predicted octanol–water partition coefficient (Wildman–Crippen LogP) is 2.47. The summed E-state index contributed by atoms with van der Waals surface area (Å²) in [6.45, 7) is 7.30. The van der Waals surface area contributed by atoms with Gasteiger partial charge in [-0.1, -0.05) is 40.0 Å². The molecule has 0 bridgehead atoms. The number of carbonyl (C=O) groups is 2. The SMILES string of the molecule is CCC(C)(C)CNC1CC(=O)N(C2CCCCC2)C1=O. The van der Waals surface area contributed by atoms with E-state index >= 15 is 0 Å². The fourth-order valence-corrected chi connectivity index (χ4v) is 3.06. The van der Waals surface area contributed by atoms with Crippen LogP contribution in [0.4, 0.5) is 0 Å². The Bertz CT molecular complexity index is 373. The minimum absolute atomic E-state index is 0.00815. The van der Waals surface area contributed by atoms with Gasteiger partial charge in [-0.2, -0.15) is 0 Å². The van der Waals surface area contributed by atoms with Gasteiger partial charge in [-0.15, -0.1) is 0 Å². The molecular formula is C16H28N2O2. The molecule has 20 heavy (non-hydrogen) atoms. The monoisotopic (exact) mass is 280 g/mol. The summed E-state index contributed by atoms with van der Waals surface area (Å²) in [5.74, 6) is 0.0301. The summed E-state index contributed by atoms with van der Waals surface area (Å²) < 4.78 is 0. The first-order valence-electron chi connectivity index (χ1n) is 8.04. The maximum atomic E-state index is 12.5. The average Bonchev–Trinajstić information content (AvgIpc) is 2.72. The van der Waals surface area contributed by atoms with Crippen molar-refractivity contribution >= 4 is 11.8 Å². The van der Waals surface area contributed by atoms with Crippen molar-refractivity contribution in [3.63, 3.8) is 0 Å². The van der Waals surface area contributed by atoms with Crippen molar-refractivity contribution in [2.45, 2.75) is 77.8 Å². The fourth-order valence-electron chi connectivity index (χ4n) is 3.06. The van der Waals surface area contributed by atoms with E-state index in [1.54, 1.807) is 4.90 Å². The number of likely N-dealkylation sites (tertiary alicyclic amines) is 1. The van der Waals surface area contributed by atoms with Gasteiger partial charge >= 0.3 is 0 Å². The second kappa shape index (κ2) is 6.25. The highest BCUT2D eigenvalue weighted by Crippen LogP contribution is 2.27. The summed E-state index contributed by atoms with van der Waals surface area (Å²) in [5.41, 5.74) is 0.168. The van der Waals surface area contributed by atoms with E-state index in [-0.39, 0.29) is 29.3 Å². The Labute approximate surface area is 122 Å². The van der Waals surface area contributed by atoms with Gasteiger partial charge in [0.2, 0.25) is 11.8 Å². The van der Waals surface area contributed by atoms with Crippen LogP contribution in [0.2, 0.25) is 0 Å². The number of amides is 2. The maximum absolute atomic E-state index is 12.5. The lowest BCUT2D eigenvalue weighted by atomic mass is 9.90. The van der Waals surface area contributed by atoms with E-state index in [0.29, 0.717) is 6.42 Å². The number of carbonyl (C=O) groups excluding carboxylic acids is 2. The normalized spacial score (nSPS) is 25.6. The first-order valence-corrected chi connectivity index (χ1v) is 8.04. The molecule has 0 radical (unpaired) electrons. The third-order valence-corrected chi connectivity index (χ3v) is 4.91. The third-order valence-electron chi connectivity index (χ3n) is 4.91. The summed E-state index contributed by atoms with van der Waals surface area (Å²) in [7, 11) is 0. The van der Waals surface area contributed by atoms with E-state index in [2.05, 4.69) is 26.1 Å². The predicted molar refractivity (Wildman–Crippen MR) is 79.2 cm³/mol. The Morgan fingerprint density at radius 3 is 2.45 bits per heavy atom. The van der Waals surface area contributed by atoms with Crippen LogP contribution in [0.1, 0.15) is 65.7 Å². The molecule has 0 aromatic heterocycles. The van der Waals surface area contributed by atoms with Gasteiger partial charge in [-0.05, 0) is 24.7 Å². The van der Waals surface area contributed by atoms with Crippen LogP contribution in [0.15, 0.2) is 0 Å². The Balaban J connectivity index is 1.94. The second-order valence-corrected chi connectivity index (χ2v) is 7.05. The van der Waals surface area contributed by atoms with Crippen LogP contribution in [0.3, 0.4) is 0 Å². The molecule has 1 N–H and O–H groups in total. The summed E-state index contributed by atoms with van der Waals surface area (Å²) in [6.07, 6.45) is 6.90. The van der Waals surface area contributed by atoms with E-state index in [1.807, 2.05) is 0 Å². The van der Waals surface area contributed by atoms with Gasteiger partial charge < -0.3 is 5.32 Å². The molecule has 4 heteroatoms. The molecule has 1 atom stereocenters. The van der Waals surface area contributed by atoms with Crippen molar-refractivity contribution in [3.05, 3.63) is 0 Å².